The molecule has 0 spiro atoms. The Labute approximate surface area is 192 Å². The number of methoxy groups -OCH3 is 6. The van der Waals surface area contributed by atoms with Gasteiger partial charge in [0.05, 0.1) is 46.2 Å². The van der Waals surface area contributed by atoms with Crippen molar-refractivity contribution in [1.82, 2.24) is 0 Å². The van der Waals surface area contributed by atoms with Gasteiger partial charge in [0.2, 0.25) is 11.6 Å². The van der Waals surface area contributed by atoms with Gasteiger partial charge in [-0.1, -0.05) is 18.2 Å². The molecule has 0 N–H and O–H groups in total. The molecule has 1 aromatic rings. The van der Waals surface area contributed by atoms with E-state index < -0.39 is 41.4 Å². The molecular formula is C24H28O9. The predicted molar refractivity (Wildman–Crippen MR) is 116 cm³/mol. The van der Waals surface area contributed by atoms with E-state index >= 15 is 0 Å². The summed E-state index contributed by atoms with van der Waals surface area (Å²) in [5.74, 6) is -5.25. The highest BCUT2D eigenvalue weighted by Crippen LogP contribution is 2.57. The average molecular weight is 460 g/mol. The molecule has 33 heavy (non-hydrogen) atoms. The number of esters is 2. The van der Waals surface area contributed by atoms with Gasteiger partial charge in [0.15, 0.2) is 11.5 Å². The number of allylic oxidation sites excluding steroid dienone is 2. The van der Waals surface area contributed by atoms with Crippen LogP contribution >= 0.6 is 0 Å². The fourth-order valence-electron chi connectivity index (χ4n) is 4.93. The van der Waals surface area contributed by atoms with E-state index in [9.17, 15) is 14.4 Å². The van der Waals surface area contributed by atoms with E-state index in [4.69, 9.17) is 23.7 Å². The molecule has 0 radical (unpaired) electrons. The van der Waals surface area contributed by atoms with Crippen LogP contribution in [0.3, 0.4) is 0 Å². The highest BCUT2D eigenvalue weighted by Gasteiger charge is 2.65. The third-order valence-electron chi connectivity index (χ3n) is 6.41. The molecule has 1 aromatic carbocycles. The number of ketones is 1. The minimum Gasteiger partial charge on any atom is -0.493 e. The van der Waals surface area contributed by atoms with Crippen molar-refractivity contribution >= 4 is 17.7 Å². The van der Waals surface area contributed by atoms with Gasteiger partial charge in [-0.15, -0.1) is 0 Å². The molecule has 4 atom stereocenters. The van der Waals surface area contributed by atoms with Crippen LogP contribution in [0.2, 0.25) is 0 Å². The molecule has 178 valence electrons. The monoisotopic (exact) mass is 460 g/mol. The summed E-state index contributed by atoms with van der Waals surface area (Å²) in [4.78, 5) is 38.5. The zero-order valence-electron chi connectivity index (χ0n) is 19.4. The Morgan fingerprint density at radius 1 is 0.939 bits per heavy atom. The Morgan fingerprint density at radius 2 is 1.61 bits per heavy atom. The maximum atomic E-state index is 13.8. The smallest absolute Gasteiger partial charge is 0.330 e. The Balaban J connectivity index is 2.25. The van der Waals surface area contributed by atoms with Crippen molar-refractivity contribution < 1.29 is 42.8 Å². The van der Waals surface area contributed by atoms with Gasteiger partial charge in [-0.05, 0) is 23.3 Å². The van der Waals surface area contributed by atoms with E-state index in [-0.39, 0.29) is 5.78 Å². The third-order valence-corrected chi connectivity index (χ3v) is 6.41. The normalized spacial score (nSPS) is 25.5. The van der Waals surface area contributed by atoms with E-state index in [2.05, 4.69) is 4.74 Å². The van der Waals surface area contributed by atoms with E-state index in [1.165, 1.54) is 54.8 Å². The Morgan fingerprint density at radius 3 is 2.15 bits per heavy atom. The maximum absolute atomic E-state index is 13.8. The molecule has 9 nitrogen and oxygen atoms in total. The summed E-state index contributed by atoms with van der Waals surface area (Å²) in [5.41, 5.74) is 1.23. The van der Waals surface area contributed by atoms with Crippen molar-refractivity contribution in [3.05, 3.63) is 47.6 Å². The lowest BCUT2D eigenvalue weighted by molar-refractivity contribution is -0.247. The summed E-state index contributed by atoms with van der Waals surface area (Å²) >= 11 is 0. The molecule has 3 aliphatic carbocycles. The Kier molecular flexibility index (Phi) is 7.24. The fourth-order valence-corrected chi connectivity index (χ4v) is 4.93. The first kappa shape index (κ1) is 24.5. The van der Waals surface area contributed by atoms with E-state index in [0.29, 0.717) is 22.6 Å². The number of carbonyl (C=O) groups excluding carboxylic acids is 3. The summed E-state index contributed by atoms with van der Waals surface area (Å²) in [5, 5.41) is 0. The van der Waals surface area contributed by atoms with Gasteiger partial charge in [0, 0.05) is 26.2 Å². The molecule has 9 heteroatoms. The van der Waals surface area contributed by atoms with Gasteiger partial charge in [-0.3, -0.25) is 9.59 Å². The number of benzene rings is 1. The molecule has 2 bridgehead atoms. The maximum Gasteiger partial charge on any atom is 0.330 e. The number of Topliss-reactive ketones (excluding diaryl/α,β-unsaturated/α-hetero) is 1. The molecule has 0 aliphatic heterocycles. The first-order valence-electron chi connectivity index (χ1n) is 10.3. The molecule has 3 aliphatic rings. The number of ether oxygens (including phenoxy) is 6. The van der Waals surface area contributed by atoms with Crippen LogP contribution < -0.4 is 9.47 Å². The lowest BCUT2D eigenvalue weighted by Gasteiger charge is -2.53. The largest absolute Gasteiger partial charge is 0.493 e. The summed E-state index contributed by atoms with van der Waals surface area (Å²) in [6.07, 6.45) is 4.50. The fraction of sp³-hybridized carbons (Fsp3) is 0.458. The van der Waals surface area contributed by atoms with Crippen LogP contribution in [0.25, 0.3) is 0 Å². The SMILES string of the molecule is COC(=O)/C=C\C1=C[C@@H]2[C@H](C(=O)OC)[C@@H](c3ccc(OC)c(OC)c3)[C@H]1C(=O)C2(OC)OC. The van der Waals surface area contributed by atoms with Crippen LogP contribution in [0.5, 0.6) is 11.5 Å². The number of carbonyl (C=O) groups is 3. The molecule has 0 heterocycles. The van der Waals surface area contributed by atoms with E-state index in [1.807, 2.05) is 0 Å². The Hall–Kier alpha value is -3.17. The summed E-state index contributed by atoms with van der Waals surface area (Å²) < 4.78 is 31.7. The topological polar surface area (TPSA) is 107 Å². The third kappa shape index (κ3) is 3.91. The minimum atomic E-state index is -1.67. The van der Waals surface area contributed by atoms with Crippen molar-refractivity contribution in [2.45, 2.75) is 11.7 Å². The van der Waals surface area contributed by atoms with Gasteiger partial charge in [-0.2, -0.15) is 0 Å². The van der Waals surface area contributed by atoms with Crippen molar-refractivity contribution in [3.8, 4) is 11.5 Å². The quantitative estimate of drug-likeness (QED) is 0.327. The first-order chi connectivity index (χ1) is 15.8. The highest BCUT2D eigenvalue weighted by atomic mass is 16.7. The number of hydrogen-bond acceptors (Lipinski definition) is 9. The van der Waals surface area contributed by atoms with Gasteiger partial charge in [-0.25, -0.2) is 4.79 Å². The van der Waals surface area contributed by atoms with Crippen molar-refractivity contribution in [2.75, 3.05) is 42.7 Å². The number of fused-ring (bicyclic) bond motifs is 2. The standard InChI is InChI=1S/C24H28O9/c1-28-16-9-7-14(12-17(16)29-2)19-20-13(8-10-18(25)30-3)11-15(21(19)23(27)31-4)24(32-5,33-6)22(20)26/h7-12,15,19-21H,1-6H3/b10-8-/t15-,19+,20+,21+/m1/s1. The number of hydrogen-bond donors (Lipinski definition) is 0. The van der Waals surface area contributed by atoms with Crippen LogP contribution in [-0.2, 0) is 33.3 Å². The van der Waals surface area contributed by atoms with Crippen LogP contribution in [0.1, 0.15) is 11.5 Å². The summed E-state index contributed by atoms with van der Waals surface area (Å²) in [6, 6.07) is 5.22. The van der Waals surface area contributed by atoms with Crippen molar-refractivity contribution in [3.63, 3.8) is 0 Å². The summed E-state index contributed by atoms with van der Waals surface area (Å²) in [6.45, 7) is 0. The zero-order valence-corrected chi connectivity index (χ0v) is 19.4. The van der Waals surface area contributed by atoms with Crippen LogP contribution in [-0.4, -0.2) is 66.2 Å². The molecule has 4 rings (SSSR count). The van der Waals surface area contributed by atoms with Gasteiger partial charge in [0.1, 0.15) is 0 Å². The number of rotatable bonds is 8. The predicted octanol–water partition coefficient (Wildman–Crippen LogP) is 2.05. The molecular weight excluding hydrogens is 432 g/mol. The van der Waals surface area contributed by atoms with Gasteiger partial charge >= 0.3 is 11.9 Å². The second kappa shape index (κ2) is 9.76. The molecule has 0 saturated heterocycles. The first-order valence-corrected chi connectivity index (χ1v) is 10.3. The molecule has 1 saturated carbocycles. The van der Waals surface area contributed by atoms with Crippen LogP contribution in [0, 0.1) is 17.8 Å². The van der Waals surface area contributed by atoms with Crippen LogP contribution in [0.15, 0.2) is 42.0 Å². The second-order valence-electron chi connectivity index (χ2n) is 7.66. The van der Waals surface area contributed by atoms with Crippen molar-refractivity contribution in [2.24, 2.45) is 17.8 Å². The second-order valence-corrected chi connectivity index (χ2v) is 7.66. The van der Waals surface area contributed by atoms with Crippen LogP contribution in [0.4, 0.5) is 0 Å². The molecule has 0 amide bonds. The zero-order chi connectivity index (χ0) is 24.3. The van der Waals surface area contributed by atoms with Gasteiger partial charge in [0.25, 0.3) is 0 Å². The van der Waals surface area contributed by atoms with E-state index in [1.54, 1.807) is 24.3 Å². The van der Waals surface area contributed by atoms with Gasteiger partial charge < -0.3 is 28.4 Å². The Bertz CT molecular complexity index is 990. The average Bonchev–Trinajstić information content (AvgIpc) is 2.86. The molecule has 1 fully saturated rings. The minimum absolute atomic E-state index is 0.357. The highest BCUT2D eigenvalue weighted by molar-refractivity contribution is 5.98. The summed E-state index contributed by atoms with van der Waals surface area (Å²) in [7, 11) is 8.30. The van der Waals surface area contributed by atoms with Crippen molar-refractivity contribution in [1.29, 1.82) is 0 Å². The molecule has 0 unspecified atom stereocenters. The lowest BCUT2D eigenvalue weighted by atomic mass is 9.54. The molecule has 0 aromatic heterocycles. The lowest BCUT2D eigenvalue weighted by Crippen LogP contribution is -2.64. The van der Waals surface area contributed by atoms with E-state index in [0.717, 1.165) is 0 Å².